The Bertz CT molecular complexity index is 900. The molecular formula is C17H11ClN4O4. The fourth-order valence-electron chi connectivity index (χ4n) is 2.06. The zero-order valence-corrected chi connectivity index (χ0v) is 14.0. The maximum Gasteiger partial charge on any atom is 0.313 e. The van der Waals surface area contributed by atoms with Crippen LogP contribution in [0.4, 0.5) is 5.69 Å². The first-order valence-corrected chi connectivity index (χ1v) is 7.59. The van der Waals surface area contributed by atoms with Gasteiger partial charge in [0, 0.05) is 16.7 Å². The summed E-state index contributed by atoms with van der Waals surface area (Å²) in [5, 5.41) is 28.7. The molecule has 0 saturated carbocycles. The lowest BCUT2D eigenvalue weighted by molar-refractivity contribution is -0.385. The van der Waals surface area contributed by atoms with E-state index in [9.17, 15) is 14.9 Å². The summed E-state index contributed by atoms with van der Waals surface area (Å²) in [6.07, 6.45) is 0. The van der Waals surface area contributed by atoms with Gasteiger partial charge in [0.2, 0.25) is 5.75 Å². The number of hydrogen-bond acceptors (Lipinski definition) is 6. The van der Waals surface area contributed by atoms with Gasteiger partial charge in [0.05, 0.1) is 17.1 Å². The van der Waals surface area contributed by atoms with Crippen molar-refractivity contribution in [3.63, 3.8) is 0 Å². The van der Waals surface area contributed by atoms with Gasteiger partial charge in [-0.25, -0.2) is 0 Å². The lowest BCUT2D eigenvalue weighted by Crippen LogP contribution is -2.31. The van der Waals surface area contributed by atoms with Gasteiger partial charge in [0.15, 0.2) is 0 Å². The first kappa shape index (κ1) is 18.7. The average Bonchev–Trinajstić information content (AvgIpc) is 2.63. The van der Waals surface area contributed by atoms with Gasteiger partial charge in [-0.2, -0.15) is 10.5 Å². The fourth-order valence-corrected chi connectivity index (χ4v) is 2.23. The molecule has 0 N–H and O–H groups in total. The van der Waals surface area contributed by atoms with E-state index in [0.29, 0.717) is 0 Å². The van der Waals surface area contributed by atoms with E-state index in [1.54, 1.807) is 0 Å². The van der Waals surface area contributed by atoms with E-state index in [0.717, 1.165) is 4.90 Å². The van der Waals surface area contributed by atoms with Crippen molar-refractivity contribution in [1.82, 2.24) is 4.90 Å². The minimum absolute atomic E-state index is 0.00839. The number of hydrogen-bond donors (Lipinski definition) is 0. The molecule has 9 heteroatoms. The fraction of sp³-hybridized carbons (Fsp3) is 0.118. The molecule has 0 aliphatic carbocycles. The number of carbonyl (C=O) groups excluding carboxylic acids is 1. The van der Waals surface area contributed by atoms with E-state index >= 15 is 0 Å². The monoisotopic (exact) mass is 370 g/mol. The van der Waals surface area contributed by atoms with E-state index in [2.05, 4.69) is 0 Å². The second-order valence-electron chi connectivity index (χ2n) is 4.97. The third-order valence-electron chi connectivity index (χ3n) is 3.26. The quantitative estimate of drug-likeness (QED) is 0.435. The van der Waals surface area contributed by atoms with Crippen LogP contribution in [-0.4, -0.2) is 28.8 Å². The van der Waals surface area contributed by atoms with Crippen LogP contribution >= 0.6 is 11.6 Å². The molecule has 0 fully saturated rings. The maximum atomic E-state index is 12.3. The number of ether oxygens (including phenoxy) is 1. The molecule has 0 spiro atoms. The van der Waals surface area contributed by atoms with E-state index in [1.807, 2.05) is 12.1 Å². The van der Waals surface area contributed by atoms with E-state index in [1.165, 1.54) is 42.5 Å². The van der Waals surface area contributed by atoms with E-state index in [-0.39, 0.29) is 40.9 Å². The lowest BCUT2D eigenvalue weighted by atomic mass is 10.2. The summed E-state index contributed by atoms with van der Waals surface area (Å²) < 4.78 is 5.49. The predicted octanol–water partition coefficient (Wildman–Crippen LogP) is 3.53. The first-order valence-electron chi connectivity index (χ1n) is 7.21. The van der Waals surface area contributed by atoms with Crippen LogP contribution in [-0.2, 0) is 0 Å². The number of nitriles is 2. The number of nitro benzene ring substituents is 1. The van der Waals surface area contributed by atoms with Crippen molar-refractivity contribution in [2.75, 3.05) is 13.1 Å². The van der Waals surface area contributed by atoms with Gasteiger partial charge in [-0.3, -0.25) is 14.9 Å². The molecule has 130 valence electrons. The van der Waals surface area contributed by atoms with Crippen LogP contribution in [0.2, 0.25) is 5.02 Å². The Hall–Kier alpha value is -3.62. The van der Waals surface area contributed by atoms with Crippen LogP contribution in [0.25, 0.3) is 0 Å². The normalized spacial score (nSPS) is 9.65. The zero-order valence-electron chi connectivity index (χ0n) is 13.3. The van der Waals surface area contributed by atoms with Gasteiger partial charge in [0.1, 0.15) is 18.8 Å². The molecule has 8 nitrogen and oxygen atoms in total. The molecule has 0 saturated heterocycles. The third kappa shape index (κ3) is 4.47. The summed E-state index contributed by atoms with van der Waals surface area (Å²) in [6, 6.07) is 13.5. The van der Waals surface area contributed by atoms with Crippen LogP contribution in [0.15, 0.2) is 42.5 Å². The van der Waals surface area contributed by atoms with Crippen molar-refractivity contribution in [1.29, 1.82) is 10.5 Å². The van der Waals surface area contributed by atoms with Crippen LogP contribution in [0.1, 0.15) is 10.4 Å². The van der Waals surface area contributed by atoms with Crippen molar-refractivity contribution in [2.45, 2.75) is 0 Å². The summed E-state index contributed by atoms with van der Waals surface area (Å²) in [4.78, 5) is 23.8. The molecule has 2 rings (SSSR count). The van der Waals surface area contributed by atoms with Crippen LogP contribution in [0.3, 0.4) is 0 Å². The summed E-state index contributed by atoms with van der Waals surface area (Å²) in [5.41, 5.74) is -0.0275. The van der Waals surface area contributed by atoms with Gasteiger partial charge in [-0.05, 0) is 36.4 Å². The largest absolute Gasteiger partial charge is 0.450 e. The van der Waals surface area contributed by atoms with Crippen molar-refractivity contribution in [3.8, 4) is 23.6 Å². The Morgan fingerprint density at radius 2 is 1.77 bits per heavy atom. The maximum absolute atomic E-state index is 12.3. The molecule has 0 aliphatic rings. The molecule has 2 aromatic rings. The zero-order chi connectivity index (χ0) is 19.1. The smallest absolute Gasteiger partial charge is 0.313 e. The highest BCUT2D eigenvalue weighted by Gasteiger charge is 2.18. The molecule has 0 aliphatic heterocycles. The predicted molar refractivity (Wildman–Crippen MR) is 91.8 cm³/mol. The average molecular weight is 371 g/mol. The summed E-state index contributed by atoms with van der Waals surface area (Å²) in [5.74, 6) is -0.190. The molecule has 0 bridgehead atoms. The highest BCUT2D eigenvalue weighted by molar-refractivity contribution is 6.30. The second-order valence-corrected chi connectivity index (χ2v) is 5.41. The van der Waals surface area contributed by atoms with Gasteiger partial charge in [-0.15, -0.1) is 0 Å². The second kappa shape index (κ2) is 8.47. The number of rotatable bonds is 6. The molecule has 1 amide bonds. The van der Waals surface area contributed by atoms with Crippen LogP contribution < -0.4 is 4.74 Å². The van der Waals surface area contributed by atoms with Crippen LogP contribution in [0.5, 0.6) is 11.5 Å². The molecule has 0 radical (unpaired) electrons. The van der Waals surface area contributed by atoms with E-state index < -0.39 is 10.8 Å². The summed E-state index contributed by atoms with van der Waals surface area (Å²) in [7, 11) is 0. The number of amides is 1. The molecule has 0 unspecified atom stereocenters. The van der Waals surface area contributed by atoms with Crippen LogP contribution in [0, 0.1) is 32.8 Å². The topological polar surface area (TPSA) is 120 Å². The van der Waals surface area contributed by atoms with Gasteiger partial charge in [0.25, 0.3) is 5.91 Å². The van der Waals surface area contributed by atoms with Crippen molar-refractivity contribution < 1.29 is 14.5 Å². The third-order valence-corrected chi connectivity index (χ3v) is 3.49. The Labute approximate surface area is 153 Å². The Morgan fingerprint density at radius 1 is 1.15 bits per heavy atom. The minimum atomic E-state index is -0.610. The molecule has 0 heterocycles. The molecule has 2 aromatic carbocycles. The molecule has 26 heavy (non-hydrogen) atoms. The first-order chi connectivity index (χ1) is 12.5. The Kier molecular flexibility index (Phi) is 6.10. The SMILES string of the molecule is N#CCN(CC#N)C(=O)c1ccc(Oc2ccc(Cl)cc2[N+](=O)[O-])cc1. The van der Waals surface area contributed by atoms with Gasteiger partial charge in [-0.1, -0.05) is 11.6 Å². The molecule has 0 atom stereocenters. The van der Waals surface area contributed by atoms with Gasteiger partial charge < -0.3 is 9.64 Å². The molecular weight excluding hydrogens is 360 g/mol. The van der Waals surface area contributed by atoms with Crippen molar-refractivity contribution in [3.05, 3.63) is 63.2 Å². The van der Waals surface area contributed by atoms with Gasteiger partial charge >= 0.3 is 5.69 Å². The summed E-state index contributed by atoms with van der Waals surface area (Å²) in [6.45, 7) is -0.413. The van der Waals surface area contributed by atoms with Crippen molar-refractivity contribution >= 4 is 23.2 Å². The van der Waals surface area contributed by atoms with E-state index in [4.69, 9.17) is 26.9 Å². The number of carbonyl (C=O) groups is 1. The highest BCUT2D eigenvalue weighted by Crippen LogP contribution is 2.33. The Morgan fingerprint density at radius 3 is 2.31 bits per heavy atom. The lowest BCUT2D eigenvalue weighted by Gasteiger charge is -2.15. The Balaban J connectivity index is 2.21. The van der Waals surface area contributed by atoms with Crippen molar-refractivity contribution in [2.24, 2.45) is 0 Å². The standard InChI is InChI=1S/C17H11ClN4O4/c18-13-3-6-16(15(11-13)22(24)25)26-14-4-1-12(2-5-14)17(23)21(9-7-19)10-8-20/h1-6,11H,9-10H2. The molecule has 0 aromatic heterocycles. The number of halogens is 1. The number of nitro groups is 1. The summed E-state index contributed by atoms with van der Waals surface area (Å²) >= 11 is 5.75. The minimum Gasteiger partial charge on any atom is -0.450 e. The number of nitrogens with zero attached hydrogens (tertiary/aromatic N) is 4. The highest BCUT2D eigenvalue weighted by atomic mass is 35.5. The number of benzene rings is 2.